The summed E-state index contributed by atoms with van der Waals surface area (Å²) in [5.41, 5.74) is -0.0817. The Labute approximate surface area is 125 Å². The van der Waals surface area contributed by atoms with Crippen molar-refractivity contribution in [3.8, 4) is 0 Å². The Morgan fingerprint density at radius 1 is 1.57 bits per heavy atom. The van der Waals surface area contributed by atoms with Crippen molar-refractivity contribution in [1.82, 2.24) is 20.1 Å². The van der Waals surface area contributed by atoms with Crippen molar-refractivity contribution in [2.75, 3.05) is 6.54 Å². The van der Waals surface area contributed by atoms with E-state index in [0.29, 0.717) is 6.54 Å². The number of aryl methyl sites for hydroxylation is 1. The van der Waals surface area contributed by atoms with Gasteiger partial charge in [0.25, 0.3) is 0 Å². The molecule has 2 N–H and O–H groups in total. The number of nitrogens with one attached hydrogen (secondary N) is 1. The fraction of sp³-hybridized carbons (Fsp3) is 0.500. The summed E-state index contributed by atoms with van der Waals surface area (Å²) in [5.74, 6) is 0. The Kier molecular flexibility index (Phi) is 4.99. The first-order valence-electron chi connectivity index (χ1n) is 6.46. The van der Waals surface area contributed by atoms with Gasteiger partial charge in [-0.2, -0.15) is 5.10 Å². The first kappa shape index (κ1) is 15.5. The van der Waals surface area contributed by atoms with Crippen LogP contribution in [0.4, 0.5) is 5.69 Å². The van der Waals surface area contributed by atoms with E-state index in [-0.39, 0.29) is 18.3 Å². The van der Waals surface area contributed by atoms with Gasteiger partial charge in [-0.05, 0) is 13.8 Å². The number of aromatic nitrogens is 3. The summed E-state index contributed by atoms with van der Waals surface area (Å²) in [4.78, 5) is 15.5. The van der Waals surface area contributed by atoms with E-state index >= 15 is 0 Å². The number of aliphatic hydroxyl groups is 1. The Hall–Kier alpha value is -1.84. The van der Waals surface area contributed by atoms with Gasteiger partial charge in [0.1, 0.15) is 17.4 Å². The highest BCUT2D eigenvalue weighted by Gasteiger charge is 2.14. The third kappa shape index (κ3) is 4.31. The van der Waals surface area contributed by atoms with Crippen LogP contribution in [0.3, 0.4) is 0 Å². The topological polar surface area (TPSA) is 106 Å². The van der Waals surface area contributed by atoms with Gasteiger partial charge in [-0.3, -0.25) is 14.8 Å². The van der Waals surface area contributed by atoms with Crippen molar-refractivity contribution < 1.29 is 10.0 Å². The lowest BCUT2D eigenvalue weighted by Gasteiger charge is -2.15. The van der Waals surface area contributed by atoms with Gasteiger partial charge in [0, 0.05) is 17.6 Å². The molecule has 9 heteroatoms. The Bertz CT molecular complexity index is 612. The minimum Gasteiger partial charge on any atom is -0.390 e. The second-order valence-electron chi connectivity index (χ2n) is 4.77. The van der Waals surface area contributed by atoms with E-state index in [2.05, 4.69) is 15.4 Å². The smallest absolute Gasteiger partial charge is 0.306 e. The Morgan fingerprint density at radius 2 is 2.33 bits per heavy atom. The van der Waals surface area contributed by atoms with Gasteiger partial charge in [0.05, 0.1) is 23.6 Å². The Balaban J connectivity index is 1.81. The van der Waals surface area contributed by atoms with Crippen LogP contribution >= 0.6 is 11.3 Å². The summed E-state index contributed by atoms with van der Waals surface area (Å²) in [6.07, 6.45) is 3.60. The molecule has 2 aromatic rings. The number of thiazole rings is 1. The molecule has 114 valence electrons. The zero-order chi connectivity index (χ0) is 15.4. The highest BCUT2D eigenvalue weighted by molar-refractivity contribution is 7.11. The van der Waals surface area contributed by atoms with Crippen molar-refractivity contribution in [1.29, 1.82) is 0 Å². The third-order valence-corrected chi connectivity index (χ3v) is 3.99. The minimum absolute atomic E-state index is 0.0466. The predicted molar refractivity (Wildman–Crippen MR) is 78.2 cm³/mol. The molecule has 0 fully saturated rings. The quantitative estimate of drug-likeness (QED) is 0.589. The molecule has 0 saturated heterocycles. The Morgan fingerprint density at radius 3 is 2.90 bits per heavy atom. The van der Waals surface area contributed by atoms with Crippen molar-refractivity contribution >= 4 is 17.0 Å². The molecule has 0 aliphatic carbocycles. The van der Waals surface area contributed by atoms with Crippen LogP contribution in [0.5, 0.6) is 0 Å². The third-order valence-electron chi connectivity index (χ3n) is 2.90. The van der Waals surface area contributed by atoms with E-state index in [1.165, 1.54) is 17.1 Å². The SMILES string of the molecule is Cc1cnc(C(C)NCC(O)Cn2cc([N+](=O)[O-])cn2)s1. The molecule has 0 aliphatic heterocycles. The standard InChI is InChI=1S/C12H17N5O3S/c1-8-3-14-12(21-8)9(2)13-5-11(18)7-16-6-10(4-15-16)17(19)20/h3-4,6,9,11,13,18H,5,7H2,1-2H3. The van der Waals surface area contributed by atoms with E-state index in [1.54, 1.807) is 11.3 Å². The van der Waals surface area contributed by atoms with Gasteiger partial charge < -0.3 is 10.4 Å². The van der Waals surface area contributed by atoms with Crippen LogP contribution in [0.15, 0.2) is 18.6 Å². The molecule has 0 aliphatic rings. The molecule has 2 aromatic heterocycles. The van der Waals surface area contributed by atoms with Gasteiger partial charge >= 0.3 is 5.69 Å². The maximum atomic E-state index is 10.5. The average Bonchev–Trinajstić information content (AvgIpc) is 3.05. The summed E-state index contributed by atoms with van der Waals surface area (Å²) < 4.78 is 1.36. The van der Waals surface area contributed by atoms with E-state index in [0.717, 1.165) is 9.88 Å². The molecule has 21 heavy (non-hydrogen) atoms. The lowest BCUT2D eigenvalue weighted by molar-refractivity contribution is -0.385. The second kappa shape index (κ2) is 6.74. The molecule has 0 radical (unpaired) electrons. The molecule has 0 spiro atoms. The molecule has 0 saturated carbocycles. The van der Waals surface area contributed by atoms with Crippen LogP contribution in [0.25, 0.3) is 0 Å². The van der Waals surface area contributed by atoms with Gasteiger partial charge in [-0.15, -0.1) is 11.3 Å². The number of nitro groups is 1. The molecule has 2 atom stereocenters. The summed E-state index contributed by atoms with van der Waals surface area (Å²) >= 11 is 1.61. The van der Waals surface area contributed by atoms with Crippen LogP contribution in [0.1, 0.15) is 22.9 Å². The normalized spacial score (nSPS) is 14.0. The fourth-order valence-electron chi connectivity index (χ4n) is 1.80. The molecule has 0 bridgehead atoms. The predicted octanol–water partition coefficient (Wildman–Crippen LogP) is 1.27. The summed E-state index contributed by atoms with van der Waals surface area (Å²) in [6.45, 7) is 4.52. The zero-order valence-corrected chi connectivity index (χ0v) is 12.6. The van der Waals surface area contributed by atoms with Crippen LogP contribution in [-0.2, 0) is 6.54 Å². The molecule has 2 heterocycles. The summed E-state index contributed by atoms with van der Waals surface area (Å²) in [7, 11) is 0. The molecular weight excluding hydrogens is 294 g/mol. The average molecular weight is 311 g/mol. The van der Waals surface area contributed by atoms with Gasteiger partial charge in [-0.1, -0.05) is 0 Å². The van der Waals surface area contributed by atoms with E-state index in [1.807, 2.05) is 20.0 Å². The van der Waals surface area contributed by atoms with Crippen LogP contribution in [0, 0.1) is 17.0 Å². The van der Waals surface area contributed by atoms with Crippen molar-refractivity contribution in [3.63, 3.8) is 0 Å². The minimum atomic E-state index is -0.687. The first-order valence-corrected chi connectivity index (χ1v) is 7.28. The maximum absolute atomic E-state index is 10.5. The molecule has 0 amide bonds. The molecule has 8 nitrogen and oxygen atoms in total. The number of hydrogen-bond acceptors (Lipinski definition) is 7. The molecule has 2 unspecified atom stereocenters. The van der Waals surface area contributed by atoms with Crippen molar-refractivity contribution in [3.05, 3.63) is 38.6 Å². The highest BCUT2D eigenvalue weighted by Crippen LogP contribution is 2.18. The summed E-state index contributed by atoms with van der Waals surface area (Å²) in [6, 6.07) is 0.0466. The van der Waals surface area contributed by atoms with Crippen LogP contribution in [-0.4, -0.2) is 37.4 Å². The van der Waals surface area contributed by atoms with E-state index in [4.69, 9.17) is 0 Å². The largest absolute Gasteiger partial charge is 0.390 e. The van der Waals surface area contributed by atoms with Crippen LogP contribution in [0.2, 0.25) is 0 Å². The highest BCUT2D eigenvalue weighted by atomic mass is 32.1. The fourth-order valence-corrected chi connectivity index (χ4v) is 2.60. The number of aliphatic hydroxyl groups excluding tert-OH is 1. The number of hydrogen-bond donors (Lipinski definition) is 2. The second-order valence-corrected chi connectivity index (χ2v) is 6.04. The molecule has 0 aromatic carbocycles. The van der Waals surface area contributed by atoms with Gasteiger partial charge in [0.2, 0.25) is 0 Å². The molecular formula is C12H17N5O3S. The monoisotopic (exact) mass is 311 g/mol. The summed E-state index contributed by atoms with van der Waals surface area (Å²) in [5, 5.41) is 28.5. The number of nitrogens with zero attached hydrogens (tertiary/aromatic N) is 4. The van der Waals surface area contributed by atoms with Gasteiger partial charge in [0.15, 0.2) is 0 Å². The maximum Gasteiger partial charge on any atom is 0.306 e. The van der Waals surface area contributed by atoms with E-state index in [9.17, 15) is 15.2 Å². The van der Waals surface area contributed by atoms with E-state index < -0.39 is 11.0 Å². The number of rotatable bonds is 7. The van der Waals surface area contributed by atoms with Crippen LogP contribution < -0.4 is 5.32 Å². The van der Waals surface area contributed by atoms with Gasteiger partial charge in [-0.25, -0.2) is 4.98 Å². The lowest BCUT2D eigenvalue weighted by Crippen LogP contribution is -2.32. The molecule has 2 rings (SSSR count). The van der Waals surface area contributed by atoms with Crippen molar-refractivity contribution in [2.45, 2.75) is 32.5 Å². The first-order chi connectivity index (χ1) is 9.95. The van der Waals surface area contributed by atoms with Crippen molar-refractivity contribution in [2.24, 2.45) is 0 Å². The lowest BCUT2D eigenvalue weighted by atomic mass is 10.3. The zero-order valence-electron chi connectivity index (χ0n) is 11.8.